The SMILES string of the molecule is COc1ccc2c(c1)CCCN2C(=O)C=Cc1ccc(N2CCCC2=O)cc1. The van der Waals surface area contributed by atoms with E-state index >= 15 is 0 Å². The third kappa shape index (κ3) is 3.65. The van der Waals surface area contributed by atoms with Crippen molar-refractivity contribution in [3.8, 4) is 5.75 Å². The van der Waals surface area contributed by atoms with Crippen LogP contribution in [0.25, 0.3) is 6.08 Å². The van der Waals surface area contributed by atoms with Crippen LogP contribution in [0.3, 0.4) is 0 Å². The van der Waals surface area contributed by atoms with Crippen LogP contribution in [0.15, 0.2) is 48.5 Å². The lowest BCUT2D eigenvalue weighted by Crippen LogP contribution is -2.34. The van der Waals surface area contributed by atoms with Crippen molar-refractivity contribution in [2.24, 2.45) is 0 Å². The Hall–Kier alpha value is -3.08. The van der Waals surface area contributed by atoms with Crippen molar-refractivity contribution in [1.82, 2.24) is 0 Å². The summed E-state index contributed by atoms with van der Waals surface area (Å²) in [6, 6.07) is 13.6. The molecule has 0 N–H and O–H groups in total. The first-order chi connectivity index (χ1) is 13.7. The van der Waals surface area contributed by atoms with Crippen LogP contribution in [-0.2, 0) is 16.0 Å². The summed E-state index contributed by atoms with van der Waals surface area (Å²) in [6.07, 6.45) is 6.89. The summed E-state index contributed by atoms with van der Waals surface area (Å²) < 4.78 is 5.29. The number of carbonyl (C=O) groups excluding carboxylic acids is 2. The highest BCUT2D eigenvalue weighted by molar-refractivity contribution is 6.04. The molecule has 0 atom stereocenters. The van der Waals surface area contributed by atoms with Crippen LogP contribution in [0.4, 0.5) is 11.4 Å². The summed E-state index contributed by atoms with van der Waals surface area (Å²) in [5, 5.41) is 0. The molecule has 2 aromatic carbocycles. The molecule has 1 fully saturated rings. The van der Waals surface area contributed by atoms with E-state index in [1.807, 2.05) is 58.3 Å². The molecule has 2 aromatic rings. The minimum Gasteiger partial charge on any atom is -0.497 e. The Morgan fingerprint density at radius 3 is 2.54 bits per heavy atom. The summed E-state index contributed by atoms with van der Waals surface area (Å²) in [5.41, 5.74) is 3.97. The molecule has 28 heavy (non-hydrogen) atoms. The lowest BCUT2D eigenvalue weighted by atomic mass is 10.0. The zero-order valence-corrected chi connectivity index (χ0v) is 16.1. The van der Waals surface area contributed by atoms with Gasteiger partial charge in [0.1, 0.15) is 5.75 Å². The van der Waals surface area contributed by atoms with E-state index in [4.69, 9.17) is 4.74 Å². The summed E-state index contributed by atoms with van der Waals surface area (Å²) in [7, 11) is 1.65. The van der Waals surface area contributed by atoms with Crippen LogP contribution >= 0.6 is 0 Å². The average molecular weight is 376 g/mol. The average Bonchev–Trinajstić information content (AvgIpc) is 3.17. The molecule has 2 aliphatic heterocycles. The number of hydrogen-bond donors (Lipinski definition) is 0. The minimum absolute atomic E-state index is 0.0232. The number of hydrogen-bond acceptors (Lipinski definition) is 3. The van der Waals surface area contributed by atoms with Crippen LogP contribution in [0, 0.1) is 0 Å². The van der Waals surface area contributed by atoms with Gasteiger partial charge in [0.25, 0.3) is 5.91 Å². The van der Waals surface area contributed by atoms with Crippen molar-refractivity contribution in [2.75, 3.05) is 30.0 Å². The number of carbonyl (C=O) groups is 2. The largest absolute Gasteiger partial charge is 0.497 e. The summed E-state index contributed by atoms with van der Waals surface area (Å²) in [5.74, 6) is 0.976. The predicted octanol–water partition coefficient (Wildman–Crippen LogP) is 3.81. The van der Waals surface area contributed by atoms with Gasteiger partial charge in [-0.2, -0.15) is 0 Å². The van der Waals surface area contributed by atoms with E-state index in [2.05, 4.69) is 0 Å². The molecule has 0 saturated carbocycles. The number of aryl methyl sites for hydroxylation is 1. The van der Waals surface area contributed by atoms with E-state index in [-0.39, 0.29) is 11.8 Å². The normalized spacial score (nSPS) is 16.5. The summed E-state index contributed by atoms with van der Waals surface area (Å²) in [6.45, 7) is 1.50. The van der Waals surface area contributed by atoms with Crippen molar-refractivity contribution >= 4 is 29.3 Å². The highest BCUT2D eigenvalue weighted by atomic mass is 16.5. The van der Waals surface area contributed by atoms with Crippen molar-refractivity contribution in [3.63, 3.8) is 0 Å². The predicted molar refractivity (Wildman–Crippen MR) is 111 cm³/mol. The highest BCUT2D eigenvalue weighted by Crippen LogP contribution is 2.30. The van der Waals surface area contributed by atoms with Crippen LogP contribution < -0.4 is 14.5 Å². The van der Waals surface area contributed by atoms with Gasteiger partial charge in [-0.05, 0) is 66.8 Å². The highest BCUT2D eigenvalue weighted by Gasteiger charge is 2.22. The Kier molecular flexibility index (Phi) is 5.15. The first-order valence-electron chi connectivity index (χ1n) is 9.72. The summed E-state index contributed by atoms with van der Waals surface area (Å²) in [4.78, 5) is 28.2. The van der Waals surface area contributed by atoms with E-state index in [1.54, 1.807) is 13.2 Å². The molecular weight excluding hydrogens is 352 g/mol. The number of methoxy groups -OCH3 is 1. The Morgan fingerprint density at radius 1 is 1.04 bits per heavy atom. The van der Waals surface area contributed by atoms with Crippen molar-refractivity contribution in [2.45, 2.75) is 25.7 Å². The zero-order chi connectivity index (χ0) is 19.5. The van der Waals surface area contributed by atoms with Crippen LogP contribution in [0.2, 0.25) is 0 Å². The number of nitrogens with zero attached hydrogens (tertiary/aromatic N) is 2. The lowest BCUT2D eigenvalue weighted by Gasteiger charge is -2.29. The number of benzene rings is 2. The molecule has 144 valence electrons. The molecule has 2 amide bonds. The van der Waals surface area contributed by atoms with Crippen molar-refractivity contribution < 1.29 is 14.3 Å². The van der Waals surface area contributed by atoms with E-state index in [9.17, 15) is 9.59 Å². The molecule has 4 rings (SSSR count). The van der Waals surface area contributed by atoms with Crippen LogP contribution in [-0.4, -0.2) is 32.0 Å². The maximum atomic E-state index is 12.8. The number of rotatable bonds is 4. The van der Waals surface area contributed by atoms with Crippen LogP contribution in [0.5, 0.6) is 5.75 Å². The van der Waals surface area contributed by atoms with Gasteiger partial charge in [0, 0.05) is 37.0 Å². The molecule has 0 bridgehead atoms. The first-order valence-corrected chi connectivity index (χ1v) is 9.72. The van der Waals surface area contributed by atoms with Gasteiger partial charge in [-0.1, -0.05) is 12.1 Å². The van der Waals surface area contributed by atoms with Gasteiger partial charge in [0.2, 0.25) is 5.91 Å². The number of anilines is 2. The van der Waals surface area contributed by atoms with E-state index in [1.165, 1.54) is 0 Å². The molecule has 0 radical (unpaired) electrons. The quantitative estimate of drug-likeness (QED) is 0.763. The van der Waals surface area contributed by atoms with Gasteiger partial charge in [0.05, 0.1) is 7.11 Å². The fraction of sp³-hybridized carbons (Fsp3) is 0.304. The van der Waals surface area contributed by atoms with Gasteiger partial charge in [0.15, 0.2) is 0 Å². The maximum absolute atomic E-state index is 12.8. The van der Waals surface area contributed by atoms with E-state index in [0.717, 1.165) is 60.6 Å². The fourth-order valence-corrected chi connectivity index (χ4v) is 3.87. The van der Waals surface area contributed by atoms with Gasteiger partial charge < -0.3 is 14.5 Å². The smallest absolute Gasteiger partial charge is 0.250 e. The first kappa shape index (κ1) is 18.3. The molecule has 0 spiro atoms. The van der Waals surface area contributed by atoms with Gasteiger partial charge in [-0.3, -0.25) is 9.59 Å². The van der Waals surface area contributed by atoms with Crippen molar-refractivity contribution in [1.29, 1.82) is 0 Å². The monoisotopic (exact) mass is 376 g/mol. The maximum Gasteiger partial charge on any atom is 0.250 e. The second kappa shape index (κ2) is 7.89. The second-order valence-corrected chi connectivity index (χ2v) is 7.16. The standard InChI is InChI=1S/C23H24N2O3/c1-28-20-11-12-21-18(16-20)4-2-15-25(21)23(27)13-8-17-6-9-19(10-7-17)24-14-3-5-22(24)26/h6-13,16H,2-5,14-15H2,1H3. The fourth-order valence-electron chi connectivity index (χ4n) is 3.87. The molecule has 1 saturated heterocycles. The molecule has 0 aliphatic carbocycles. The molecule has 5 nitrogen and oxygen atoms in total. The summed E-state index contributed by atoms with van der Waals surface area (Å²) >= 11 is 0. The molecular formula is C23H24N2O3. The molecule has 0 unspecified atom stereocenters. The van der Waals surface area contributed by atoms with Gasteiger partial charge >= 0.3 is 0 Å². The van der Waals surface area contributed by atoms with E-state index in [0.29, 0.717) is 6.42 Å². The van der Waals surface area contributed by atoms with Crippen LogP contribution in [0.1, 0.15) is 30.4 Å². The third-order valence-electron chi connectivity index (χ3n) is 5.37. The third-order valence-corrected chi connectivity index (χ3v) is 5.37. The number of ether oxygens (including phenoxy) is 1. The Bertz CT molecular complexity index is 918. The molecule has 2 aliphatic rings. The Labute approximate surface area is 165 Å². The van der Waals surface area contributed by atoms with Crippen molar-refractivity contribution in [3.05, 3.63) is 59.7 Å². The molecule has 5 heteroatoms. The van der Waals surface area contributed by atoms with Gasteiger partial charge in [-0.25, -0.2) is 0 Å². The number of amides is 2. The van der Waals surface area contributed by atoms with E-state index < -0.39 is 0 Å². The molecule has 2 heterocycles. The lowest BCUT2D eigenvalue weighted by molar-refractivity contribution is -0.117. The molecule has 0 aromatic heterocycles. The number of fused-ring (bicyclic) bond motifs is 1. The van der Waals surface area contributed by atoms with Gasteiger partial charge in [-0.15, -0.1) is 0 Å². The minimum atomic E-state index is -0.0232. The Morgan fingerprint density at radius 2 is 1.82 bits per heavy atom. The Balaban J connectivity index is 1.47. The zero-order valence-electron chi connectivity index (χ0n) is 16.1. The topological polar surface area (TPSA) is 49.9 Å². The second-order valence-electron chi connectivity index (χ2n) is 7.16.